The van der Waals surface area contributed by atoms with Crippen LogP contribution >= 0.6 is 11.3 Å². The molecule has 33 heavy (non-hydrogen) atoms. The van der Waals surface area contributed by atoms with Crippen LogP contribution in [0.5, 0.6) is 0 Å². The second-order valence-electron chi connectivity index (χ2n) is 7.62. The Balaban J connectivity index is 1.63. The van der Waals surface area contributed by atoms with Crippen molar-refractivity contribution >= 4 is 38.8 Å². The molecule has 5 nitrogen and oxygen atoms in total. The molecule has 164 valence electrons. The molecule has 0 aliphatic heterocycles. The number of hydrogen-bond acceptors (Lipinski definition) is 4. The second-order valence-corrected chi connectivity index (χ2v) is 8.66. The lowest BCUT2D eigenvalue weighted by Gasteiger charge is -2.05. The molecule has 0 radical (unpaired) electrons. The molecule has 0 spiro atoms. The number of hydrogen-bond donors (Lipinski definition) is 2. The molecule has 0 aromatic carbocycles. The van der Waals surface area contributed by atoms with Crippen LogP contribution in [0.25, 0.3) is 49.5 Å². The number of aromatic amines is 2. The first-order valence-corrected chi connectivity index (χ1v) is 11.5. The van der Waals surface area contributed by atoms with E-state index in [9.17, 15) is 4.39 Å². The summed E-state index contributed by atoms with van der Waals surface area (Å²) in [5.41, 5.74) is 7.29. The summed E-state index contributed by atoms with van der Waals surface area (Å²) in [6, 6.07) is 9.27. The molecule has 0 saturated carbocycles. The van der Waals surface area contributed by atoms with Crippen molar-refractivity contribution in [1.29, 1.82) is 0 Å². The summed E-state index contributed by atoms with van der Waals surface area (Å²) in [5.74, 6) is 0. The van der Waals surface area contributed by atoms with Gasteiger partial charge in [0.05, 0.1) is 22.0 Å². The summed E-state index contributed by atoms with van der Waals surface area (Å²) in [7, 11) is 0. The van der Waals surface area contributed by atoms with Crippen LogP contribution in [0, 0.1) is 5.13 Å². The van der Waals surface area contributed by atoms with E-state index < -0.39 is 0 Å². The van der Waals surface area contributed by atoms with Gasteiger partial charge in [-0.2, -0.15) is 9.49 Å². The molecule has 0 aliphatic rings. The van der Waals surface area contributed by atoms with Crippen molar-refractivity contribution in [1.82, 2.24) is 25.1 Å². The quantitative estimate of drug-likeness (QED) is 0.264. The van der Waals surface area contributed by atoms with Gasteiger partial charge in [0.2, 0.25) is 0 Å². The van der Waals surface area contributed by atoms with E-state index in [0.717, 1.165) is 72.7 Å². The number of thiophene rings is 1. The van der Waals surface area contributed by atoms with Crippen LogP contribution in [0.15, 0.2) is 73.1 Å². The first-order chi connectivity index (χ1) is 16.1. The highest BCUT2D eigenvalue weighted by molar-refractivity contribution is 7.13. The standard InChI is InChI=1S/C26H22FN5S/c1-4-15(5-2)11-16(6-3)17-12-19-24(31-32-26(19)29-14-17)21-13-18-20(30-21)9-10-28-25(18)22-7-8-23(27)33-22/h4,6-14,30H,1,5H2,2-3H3,(H,29,31,32)/b15-11+,16-6+. The third-order valence-electron chi connectivity index (χ3n) is 5.69. The van der Waals surface area contributed by atoms with Gasteiger partial charge in [-0.3, -0.25) is 10.1 Å². The molecule has 0 saturated heterocycles. The number of nitrogens with one attached hydrogen (secondary N) is 2. The maximum absolute atomic E-state index is 13.6. The fraction of sp³-hybridized carbons (Fsp3) is 0.115. The average Bonchev–Trinajstić information content (AvgIpc) is 3.56. The van der Waals surface area contributed by atoms with Crippen molar-refractivity contribution < 1.29 is 4.39 Å². The van der Waals surface area contributed by atoms with Gasteiger partial charge >= 0.3 is 0 Å². The third kappa shape index (κ3) is 3.81. The Kier molecular flexibility index (Phi) is 5.48. The predicted molar refractivity (Wildman–Crippen MR) is 134 cm³/mol. The number of nitrogens with zero attached hydrogens (tertiary/aromatic N) is 3. The monoisotopic (exact) mass is 455 g/mol. The van der Waals surface area contributed by atoms with Gasteiger partial charge in [-0.25, -0.2) is 4.98 Å². The van der Waals surface area contributed by atoms with E-state index in [0.29, 0.717) is 5.65 Å². The minimum atomic E-state index is -0.228. The highest BCUT2D eigenvalue weighted by Crippen LogP contribution is 2.35. The van der Waals surface area contributed by atoms with Crippen LogP contribution in [0.1, 0.15) is 25.8 Å². The summed E-state index contributed by atoms with van der Waals surface area (Å²) in [5, 5.41) is 9.14. The predicted octanol–water partition coefficient (Wildman–Crippen LogP) is 7.29. The van der Waals surface area contributed by atoms with Crippen LogP contribution in [-0.2, 0) is 0 Å². The van der Waals surface area contributed by atoms with Crippen LogP contribution in [-0.4, -0.2) is 25.1 Å². The molecule has 0 fully saturated rings. The largest absolute Gasteiger partial charge is 0.353 e. The number of pyridine rings is 2. The number of halogens is 1. The maximum atomic E-state index is 13.6. The Morgan fingerprint density at radius 3 is 2.79 bits per heavy atom. The lowest BCUT2D eigenvalue weighted by molar-refractivity contribution is 0.657. The molecule has 0 atom stereocenters. The molecular formula is C26H22FN5S. The van der Waals surface area contributed by atoms with E-state index in [4.69, 9.17) is 0 Å². The molecular weight excluding hydrogens is 433 g/mol. The molecule has 5 rings (SSSR count). The minimum Gasteiger partial charge on any atom is -0.353 e. The lowest BCUT2D eigenvalue weighted by Crippen LogP contribution is -1.87. The van der Waals surface area contributed by atoms with Crippen LogP contribution in [0.3, 0.4) is 0 Å². The molecule has 5 aromatic rings. The number of aromatic nitrogens is 5. The Hall–Kier alpha value is -3.84. The highest BCUT2D eigenvalue weighted by Gasteiger charge is 2.16. The first-order valence-electron chi connectivity index (χ1n) is 10.7. The number of allylic oxidation sites excluding steroid dienone is 5. The Morgan fingerprint density at radius 1 is 1.18 bits per heavy atom. The van der Waals surface area contributed by atoms with Gasteiger partial charge in [0.15, 0.2) is 10.8 Å². The number of rotatable bonds is 6. The van der Waals surface area contributed by atoms with Crippen molar-refractivity contribution in [2.45, 2.75) is 20.3 Å². The van der Waals surface area contributed by atoms with Crippen molar-refractivity contribution in [3.8, 4) is 22.0 Å². The van der Waals surface area contributed by atoms with Crippen LogP contribution in [0.2, 0.25) is 0 Å². The van der Waals surface area contributed by atoms with Crippen LogP contribution in [0.4, 0.5) is 4.39 Å². The Labute approximate surface area is 194 Å². The van der Waals surface area contributed by atoms with E-state index in [1.165, 1.54) is 6.07 Å². The second kappa shape index (κ2) is 8.60. The number of H-pyrrole nitrogens is 2. The van der Waals surface area contributed by atoms with E-state index in [1.807, 2.05) is 31.3 Å². The van der Waals surface area contributed by atoms with E-state index in [1.54, 1.807) is 12.3 Å². The fourth-order valence-corrected chi connectivity index (χ4v) is 4.67. The summed E-state index contributed by atoms with van der Waals surface area (Å²) in [4.78, 5) is 13.3. The molecule has 5 aromatic heterocycles. The van der Waals surface area contributed by atoms with Crippen molar-refractivity contribution in [3.63, 3.8) is 0 Å². The fourth-order valence-electron chi connectivity index (χ4n) is 3.93. The van der Waals surface area contributed by atoms with E-state index >= 15 is 0 Å². The summed E-state index contributed by atoms with van der Waals surface area (Å²) < 4.78 is 13.6. The van der Waals surface area contributed by atoms with Crippen molar-refractivity contribution in [2.24, 2.45) is 0 Å². The number of fused-ring (bicyclic) bond motifs is 2. The highest BCUT2D eigenvalue weighted by atomic mass is 32.1. The minimum absolute atomic E-state index is 0.228. The van der Waals surface area contributed by atoms with Gasteiger partial charge in [0.25, 0.3) is 0 Å². The lowest BCUT2D eigenvalue weighted by atomic mass is 10.0. The van der Waals surface area contributed by atoms with Gasteiger partial charge < -0.3 is 4.98 Å². The smallest absolute Gasteiger partial charge is 0.181 e. The normalized spacial score (nSPS) is 12.7. The van der Waals surface area contributed by atoms with Gasteiger partial charge in [0.1, 0.15) is 0 Å². The molecule has 7 heteroatoms. The van der Waals surface area contributed by atoms with E-state index in [-0.39, 0.29) is 5.13 Å². The first kappa shape index (κ1) is 21.0. The van der Waals surface area contributed by atoms with Crippen molar-refractivity contribution in [2.75, 3.05) is 0 Å². The zero-order chi connectivity index (χ0) is 22.9. The Morgan fingerprint density at radius 2 is 2.06 bits per heavy atom. The molecule has 0 unspecified atom stereocenters. The zero-order valence-electron chi connectivity index (χ0n) is 18.3. The van der Waals surface area contributed by atoms with Crippen LogP contribution < -0.4 is 0 Å². The van der Waals surface area contributed by atoms with Gasteiger partial charge in [-0.15, -0.1) is 11.3 Å². The summed E-state index contributed by atoms with van der Waals surface area (Å²) in [6.45, 7) is 8.03. The van der Waals surface area contributed by atoms with Gasteiger partial charge in [-0.1, -0.05) is 31.7 Å². The zero-order valence-corrected chi connectivity index (χ0v) is 19.1. The van der Waals surface area contributed by atoms with E-state index in [2.05, 4.69) is 56.9 Å². The molecule has 5 heterocycles. The Bertz CT molecular complexity index is 1550. The summed E-state index contributed by atoms with van der Waals surface area (Å²) >= 11 is 1.09. The molecule has 2 N–H and O–H groups in total. The van der Waals surface area contributed by atoms with Gasteiger partial charge in [0, 0.05) is 34.2 Å². The molecule has 0 bridgehead atoms. The third-order valence-corrected chi connectivity index (χ3v) is 6.57. The molecule has 0 aliphatic carbocycles. The summed E-state index contributed by atoms with van der Waals surface area (Å²) in [6.07, 6.45) is 10.6. The maximum Gasteiger partial charge on any atom is 0.181 e. The average molecular weight is 456 g/mol. The SMILES string of the molecule is C=C/C(=C\C(=C/C)c1cnc2n[nH]c(-c3cc4c(-c5ccc(F)s5)nccc4[nH]3)c2c1)CC. The topological polar surface area (TPSA) is 70.2 Å². The van der Waals surface area contributed by atoms with Crippen molar-refractivity contribution in [3.05, 3.63) is 83.8 Å². The molecule has 0 amide bonds. The van der Waals surface area contributed by atoms with Gasteiger partial charge in [-0.05, 0) is 54.8 Å².